The van der Waals surface area contributed by atoms with Crippen molar-refractivity contribution >= 4 is 16.8 Å². The monoisotopic (exact) mass is 336 g/mol. The van der Waals surface area contributed by atoms with Crippen molar-refractivity contribution in [1.82, 2.24) is 9.88 Å². The summed E-state index contributed by atoms with van der Waals surface area (Å²) in [6.07, 6.45) is 1.55. The molecule has 130 valence electrons. The summed E-state index contributed by atoms with van der Waals surface area (Å²) in [5.74, 6) is 0.0263. The molecule has 0 bridgehead atoms. The fraction of sp³-hybridized carbons (Fsp3) is 0.286. The zero-order valence-corrected chi connectivity index (χ0v) is 14.7. The van der Waals surface area contributed by atoms with E-state index in [1.807, 2.05) is 68.6 Å². The number of fused-ring (bicyclic) bond motifs is 1. The zero-order valence-electron chi connectivity index (χ0n) is 14.7. The molecule has 2 N–H and O–H groups in total. The van der Waals surface area contributed by atoms with Crippen LogP contribution in [0.5, 0.6) is 0 Å². The molecule has 2 aromatic carbocycles. The first-order chi connectivity index (χ1) is 12.1. The van der Waals surface area contributed by atoms with Crippen molar-refractivity contribution in [2.45, 2.75) is 26.4 Å². The number of rotatable bonds is 6. The van der Waals surface area contributed by atoms with Gasteiger partial charge in [-0.25, -0.2) is 0 Å². The Morgan fingerprint density at radius 1 is 1.16 bits per heavy atom. The maximum atomic E-state index is 12.7. The molecule has 0 aliphatic carbocycles. The van der Waals surface area contributed by atoms with Gasteiger partial charge in [0.15, 0.2) is 0 Å². The van der Waals surface area contributed by atoms with Crippen molar-refractivity contribution in [3.63, 3.8) is 0 Å². The number of para-hydroxylation sites is 1. The number of aromatic amines is 1. The third-order valence-electron chi connectivity index (χ3n) is 4.61. The van der Waals surface area contributed by atoms with Gasteiger partial charge in [-0.3, -0.25) is 4.79 Å². The molecule has 25 heavy (non-hydrogen) atoms. The van der Waals surface area contributed by atoms with E-state index in [0.29, 0.717) is 19.5 Å². The van der Waals surface area contributed by atoms with Gasteiger partial charge in [-0.05, 0) is 31.0 Å². The van der Waals surface area contributed by atoms with Gasteiger partial charge >= 0.3 is 0 Å². The lowest BCUT2D eigenvalue weighted by Gasteiger charge is -2.24. The van der Waals surface area contributed by atoms with Crippen molar-refractivity contribution in [2.75, 3.05) is 13.1 Å². The third-order valence-corrected chi connectivity index (χ3v) is 4.61. The van der Waals surface area contributed by atoms with E-state index in [1.165, 1.54) is 0 Å². The van der Waals surface area contributed by atoms with E-state index in [1.54, 1.807) is 4.90 Å². The highest BCUT2D eigenvalue weighted by molar-refractivity contribution is 5.88. The predicted octanol–water partition coefficient (Wildman–Crippen LogP) is 3.60. The molecule has 0 saturated heterocycles. The molecule has 1 amide bonds. The number of benzene rings is 2. The molecule has 1 heterocycles. The molecule has 4 nitrogen and oxygen atoms in total. The number of H-pyrrole nitrogens is 1. The minimum absolute atomic E-state index is 0.0263. The zero-order chi connectivity index (χ0) is 17.8. The van der Waals surface area contributed by atoms with Gasteiger partial charge in [-0.15, -0.1) is 0 Å². The fourth-order valence-electron chi connectivity index (χ4n) is 3.06. The summed E-state index contributed by atoms with van der Waals surface area (Å²) < 4.78 is 0. The summed E-state index contributed by atoms with van der Waals surface area (Å²) in [7, 11) is 0. The van der Waals surface area contributed by atoms with Crippen molar-refractivity contribution in [2.24, 2.45) is 0 Å². The lowest BCUT2D eigenvalue weighted by atomic mass is 10.1. The molecule has 1 atom stereocenters. The van der Waals surface area contributed by atoms with Gasteiger partial charge in [0, 0.05) is 23.6 Å². The number of nitrogens with zero attached hydrogens (tertiary/aromatic N) is 1. The second-order valence-corrected chi connectivity index (χ2v) is 6.40. The molecule has 0 aliphatic heterocycles. The van der Waals surface area contributed by atoms with E-state index in [-0.39, 0.29) is 5.91 Å². The van der Waals surface area contributed by atoms with Gasteiger partial charge in [0.2, 0.25) is 5.91 Å². The molecule has 0 radical (unpaired) electrons. The first-order valence-corrected chi connectivity index (χ1v) is 8.66. The molecule has 0 spiro atoms. The normalized spacial score (nSPS) is 12.3. The largest absolute Gasteiger partial charge is 0.387 e. The van der Waals surface area contributed by atoms with Crippen LogP contribution in [0.1, 0.15) is 29.7 Å². The van der Waals surface area contributed by atoms with Gasteiger partial charge in [0.05, 0.1) is 19.1 Å². The quantitative estimate of drug-likeness (QED) is 0.722. The van der Waals surface area contributed by atoms with Gasteiger partial charge < -0.3 is 15.0 Å². The molecule has 4 heteroatoms. The van der Waals surface area contributed by atoms with Crippen LogP contribution < -0.4 is 0 Å². The molecular weight excluding hydrogens is 312 g/mol. The van der Waals surface area contributed by atoms with Crippen molar-refractivity contribution in [3.05, 3.63) is 71.4 Å². The van der Waals surface area contributed by atoms with Crippen LogP contribution in [0.3, 0.4) is 0 Å². The number of carbonyl (C=O) groups is 1. The summed E-state index contributed by atoms with van der Waals surface area (Å²) in [6, 6.07) is 15.7. The maximum absolute atomic E-state index is 12.7. The van der Waals surface area contributed by atoms with Crippen LogP contribution in [0.2, 0.25) is 0 Å². The fourth-order valence-corrected chi connectivity index (χ4v) is 3.06. The number of likely N-dealkylation sites (N-methyl/N-ethyl adjacent to an activating group) is 1. The molecule has 0 aliphatic rings. The number of amides is 1. The van der Waals surface area contributed by atoms with Crippen LogP contribution in [0.4, 0.5) is 0 Å². The molecule has 3 rings (SSSR count). The van der Waals surface area contributed by atoms with Crippen LogP contribution in [0.15, 0.2) is 54.7 Å². The van der Waals surface area contributed by atoms with Crippen molar-refractivity contribution in [3.8, 4) is 0 Å². The lowest BCUT2D eigenvalue weighted by Crippen LogP contribution is -2.35. The average Bonchev–Trinajstić information content (AvgIpc) is 3.03. The number of hydrogen-bond acceptors (Lipinski definition) is 2. The topological polar surface area (TPSA) is 56.3 Å². The van der Waals surface area contributed by atoms with Crippen LogP contribution in [-0.2, 0) is 11.2 Å². The average molecular weight is 336 g/mol. The summed E-state index contributed by atoms with van der Waals surface area (Å²) in [4.78, 5) is 17.6. The van der Waals surface area contributed by atoms with Gasteiger partial charge in [-0.1, -0.05) is 48.0 Å². The van der Waals surface area contributed by atoms with Crippen LogP contribution in [0.25, 0.3) is 10.9 Å². The van der Waals surface area contributed by atoms with Crippen LogP contribution in [-0.4, -0.2) is 34.0 Å². The Balaban J connectivity index is 1.69. The maximum Gasteiger partial charge on any atom is 0.227 e. The summed E-state index contributed by atoms with van der Waals surface area (Å²) in [5, 5.41) is 11.5. The smallest absolute Gasteiger partial charge is 0.227 e. The summed E-state index contributed by atoms with van der Waals surface area (Å²) in [5.41, 5.74) is 4.01. The Labute approximate surface area is 148 Å². The number of aromatic nitrogens is 1. The number of aryl methyl sites for hydroxylation is 1. The van der Waals surface area contributed by atoms with Crippen LogP contribution >= 0.6 is 0 Å². The number of hydrogen-bond donors (Lipinski definition) is 2. The summed E-state index contributed by atoms with van der Waals surface area (Å²) >= 11 is 0. The molecular formula is C21H24N2O2. The highest BCUT2D eigenvalue weighted by Crippen LogP contribution is 2.20. The molecule has 0 saturated carbocycles. The highest BCUT2D eigenvalue weighted by Gasteiger charge is 2.18. The second kappa shape index (κ2) is 7.53. The minimum atomic E-state index is -0.674. The molecule has 1 unspecified atom stereocenters. The van der Waals surface area contributed by atoms with E-state index in [0.717, 1.165) is 27.6 Å². The van der Waals surface area contributed by atoms with E-state index in [4.69, 9.17) is 0 Å². The summed E-state index contributed by atoms with van der Waals surface area (Å²) in [6.45, 7) is 4.83. The van der Waals surface area contributed by atoms with Crippen molar-refractivity contribution in [1.29, 1.82) is 0 Å². The molecule has 3 aromatic rings. The second-order valence-electron chi connectivity index (χ2n) is 6.40. The third kappa shape index (κ3) is 3.91. The lowest BCUT2D eigenvalue weighted by molar-refractivity contribution is -0.131. The predicted molar refractivity (Wildman–Crippen MR) is 100 cm³/mol. The SMILES string of the molecule is CCN(CC(O)c1ccc(C)cc1)C(=O)Cc1c[nH]c2ccccc12. The van der Waals surface area contributed by atoms with Gasteiger partial charge in [-0.2, -0.15) is 0 Å². The highest BCUT2D eigenvalue weighted by atomic mass is 16.3. The number of aliphatic hydroxyl groups is 1. The molecule has 0 fully saturated rings. The first kappa shape index (κ1) is 17.2. The van der Waals surface area contributed by atoms with Crippen LogP contribution in [0, 0.1) is 6.92 Å². The van der Waals surface area contributed by atoms with Gasteiger partial charge in [0.1, 0.15) is 0 Å². The van der Waals surface area contributed by atoms with E-state index < -0.39 is 6.10 Å². The van der Waals surface area contributed by atoms with E-state index >= 15 is 0 Å². The number of nitrogens with one attached hydrogen (secondary N) is 1. The van der Waals surface area contributed by atoms with E-state index in [9.17, 15) is 9.90 Å². The Hall–Kier alpha value is -2.59. The minimum Gasteiger partial charge on any atom is -0.387 e. The Morgan fingerprint density at radius 3 is 2.60 bits per heavy atom. The Kier molecular flexibility index (Phi) is 5.19. The molecule has 1 aromatic heterocycles. The number of aliphatic hydroxyl groups excluding tert-OH is 1. The Bertz CT molecular complexity index is 852. The standard InChI is InChI=1S/C21H24N2O2/c1-3-23(14-20(24)16-10-8-15(2)9-11-16)21(25)12-17-13-22-19-7-5-4-6-18(17)19/h4-11,13,20,22,24H,3,12,14H2,1-2H3. The van der Waals surface area contributed by atoms with E-state index in [2.05, 4.69) is 4.98 Å². The van der Waals surface area contributed by atoms with Gasteiger partial charge in [0.25, 0.3) is 0 Å². The Morgan fingerprint density at radius 2 is 1.88 bits per heavy atom. The van der Waals surface area contributed by atoms with Crippen molar-refractivity contribution < 1.29 is 9.90 Å². The first-order valence-electron chi connectivity index (χ1n) is 8.66. The number of carbonyl (C=O) groups excluding carboxylic acids is 1.